The fourth-order valence-corrected chi connectivity index (χ4v) is 3.32. The second-order valence-electron chi connectivity index (χ2n) is 5.89. The van der Waals surface area contributed by atoms with Gasteiger partial charge in [-0.1, -0.05) is 26.0 Å². The van der Waals surface area contributed by atoms with E-state index in [1.54, 1.807) is 0 Å². The lowest BCUT2D eigenvalue weighted by atomic mass is 10.0. The van der Waals surface area contributed by atoms with Crippen molar-refractivity contribution < 1.29 is 0 Å². The highest BCUT2D eigenvalue weighted by Crippen LogP contribution is 2.63. The summed E-state index contributed by atoms with van der Waals surface area (Å²) in [4.78, 5) is 0. The summed E-state index contributed by atoms with van der Waals surface area (Å²) >= 11 is 0. The van der Waals surface area contributed by atoms with E-state index in [0.717, 1.165) is 6.54 Å². The summed E-state index contributed by atoms with van der Waals surface area (Å²) in [7, 11) is 2.10. The fourth-order valence-electron chi connectivity index (χ4n) is 3.32. The molecule has 2 aromatic rings. The lowest BCUT2D eigenvalue weighted by Crippen LogP contribution is -2.05. The van der Waals surface area contributed by atoms with Crippen LogP contribution in [0.25, 0.3) is 10.9 Å². The molecule has 2 nitrogen and oxygen atoms in total. The molecule has 0 aliphatic heterocycles. The molecule has 1 aromatic heterocycles. The molecule has 17 heavy (non-hydrogen) atoms. The van der Waals surface area contributed by atoms with E-state index < -0.39 is 0 Å². The van der Waals surface area contributed by atoms with Gasteiger partial charge in [0.2, 0.25) is 0 Å². The molecule has 0 unspecified atom stereocenters. The topological polar surface area (TPSA) is 30.9 Å². The van der Waals surface area contributed by atoms with Gasteiger partial charge in [-0.15, -0.1) is 0 Å². The van der Waals surface area contributed by atoms with Gasteiger partial charge in [-0.05, 0) is 46.9 Å². The number of aromatic nitrogens is 1. The third kappa shape index (κ3) is 1.44. The molecule has 0 amide bonds. The Kier molecular flexibility index (Phi) is 2.14. The van der Waals surface area contributed by atoms with Gasteiger partial charge in [0.1, 0.15) is 0 Å². The van der Waals surface area contributed by atoms with E-state index >= 15 is 0 Å². The van der Waals surface area contributed by atoms with E-state index in [0.29, 0.717) is 17.3 Å². The predicted molar refractivity (Wildman–Crippen MR) is 72.0 cm³/mol. The minimum Gasteiger partial charge on any atom is -0.351 e. The first-order chi connectivity index (χ1) is 8.05. The first-order valence-electron chi connectivity index (χ1n) is 6.30. The van der Waals surface area contributed by atoms with Gasteiger partial charge in [0.25, 0.3) is 0 Å². The molecule has 2 N–H and O–H groups in total. The molecule has 1 fully saturated rings. The van der Waals surface area contributed by atoms with Crippen LogP contribution in [0.1, 0.15) is 25.3 Å². The highest BCUT2D eigenvalue weighted by molar-refractivity contribution is 5.81. The van der Waals surface area contributed by atoms with Crippen molar-refractivity contribution in [2.24, 2.45) is 24.1 Å². The number of rotatable bonds is 2. The summed E-state index contributed by atoms with van der Waals surface area (Å²) in [6, 6.07) is 8.99. The highest BCUT2D eigenvalue weighted by Gasteiger charge is 2.57. The molecule has 0 bridgehead atoms. The zero-order valence-electron chi connectivity index (χ0n) is 10.8. The second kappa shape index (κ2) is 3.36. The molecule has 1 aromatic carbocycles. The Bertz CT molecular complexity index is 565. The van der Waals surface area contributed by atoms with E-state index in [1.165, 1.54) is 16.5 Å². The van der Waals surface area contributed by atoms with Gasteiger partial charge in [-0.2, -0.15) is 0 Å². The van der Waals surface area contributed by atoms with E-state index in [4.69, 9.17) is 5.73 Å². The highest BCUT2D eigenvalue weighted by atomic mass is 14.9. The van der Waals surface area contributed by atoms with Gasteiger partial charge < -0.3 is 10.3 Å². The Hall–Kier alpha value is -1.28. The number of fused-ring (bicyclic) bond motifs is 1. The standard InChI is InChI=1S/C15H20N2/c1-15(2)12(9-16)14(15)11-5-4-10-6-7-17(3)13(10)8-11/h4-8,12,14H,9,16H2,1-3H3/t12-,14-/m1/s1. The Labute approximate surface area is 102 Å². The molecule has 1 aliphatic carbocycles. The van der Waals surface area contributed by atoms with E-state index in [1.807, 2.05) is 0 Å². The van der Waals surface area contributed by atoms with Crippen LogP contribution < -0.4 is 5.73 Å². The van der Waals surface area contributed by atoms with Crippen molar-refractivity contribution in [1.29, 1.82) is 0 Å². The maximum atomic E-state index is 5.85. The molecule has 0 radical (unpaired) electrons. The normalized spacial score (nSPS) is 26.4. The van der Waals surface area contributed by atoms with Crippen molar-refractivity contribution in [2.45, 2.75) is 19.8 Å². The van der Waals surface area contributed by atoms with Gasteiger partial charge >= 0.3 is 0 Å². The Balaban J connectivity index is 2.05. The molecular formula is C15H20N2. The molecular weight excluding hydrogens is 208 g/mol. The molecule has 0 spiro atoms. The van der Waals surface area contributed by atoms with Crippen LogP contribution >= 0.6 is 0 Å². The maximum absolute atomic E-state index is 5.85. The van der Waals surface area contributed by atoms with Gasteiger partial charge in [0.05, 0.1) is 0 Å². The molecule has 0 saturated heterocycles. The zero-order chi connectivity index (χ0) is 12.2. The van der Waals surface area contributed by atoms with Crippen LogP contribution in [0.3, 0.4) is 0 Å². The van der Waals surface area contributed by atoms with Crippen LogP contribution in [0.4, 0.5) is 0 Å². The van der Waals surface area contributed by atoms with Crippen LogP contribution in [-0.2, 0) is 7.05 Å². The Morgan fingerprint density at radius 2 is 2.06 bits per heavy atom. The smallest absolute Gasteiger partial charge is 0.0480 e. The van der Waals surface area contributed by atoms with Gasteiger partial charge in [-0.3, -0.25) is 0 Å². The summed E-state index contributed by atoms with van der Waals surface area (Å²) in [6.07, 6.45) is 2.12. The minimum absolute atomic E-state index is 0.369. The summed E-state index contributed by atoms with van der Waals surface area (Å²) in [6.45, 7) is 5.44. The number of benzene rings is 1. The van der Waals surface area contributed by atoms with E-state index in [-0.39, 0.29) is 0 Å². The molecule has 1 heterocycles. The Morgan fingerprint density at radius 3 is 2.71 bits per heavy atom. The van der Waals surface area contributed by atoms with Crippen LogP contribution in [0.15, 0.2) is 30.5 Å². The van der Waals surface area contributed by atoms with Crippen molar-refractivity contribution in [3.05, 3.63) is 36.0 Å². The number of nitrogens with two attached hydrogens (primary N) is 1. The average Bonchev–Trinajstić information content (AvgIpc) is 2.66. The van der Waals surface area contributed by atoms with Crippen molar-refractivity contribution in [3.8, 4) is 0 Å². The predicted octanol–water partition coefficient (Wildman–Crippen LogP) is 2.88. The van der Waals surface area contributed by atoms with Crippen LogP contribution in [0, 0.1) is 11.3 Å². The van der Waals surface area contributed by atoms with Gasteiger partial charge in [0, 0.05) is 18.8 Å². The molecule has 1 aliphatic rings. The number of hydrogen-bond donors (Lipinski definition) is 1. The summed E-state index contributed by atoms with van der Waals surface area (Å²) in [5, 5.41) is 1.32. The summed E-state index contributed by atoms with van der Waals surface area (Å²) in [5.41, 5.74) is 8.99. The quantitative estimate of drug-likeness (QED) is 0.842. The largest absolute Gasteiger partial charge is 0.351 e. The second-order valence-corrected chi connectivity index (χ2v) is 5.89. The molecule has 1 saturated carbocycles. The monoisotopic (exact) mass is 228 g/mol. The van der Waals surface area contributed by atoms with Crippen LogP contribution in [0.2, 0.25) is 0 Å². The van der Waals surface area contributed by atoms with E-state index in [2.05, 4.69) is 55.9 Å². The maximum Gasteiger partial charge on any atom is 0.0480 e. The number of aryl methyl sites for hydroxylation is 1. The Morgan fingerprint density at radius 1 is 1.29 bits per heavy atom. The zero-order valence-corrected chi connectivity index (χ0v) is 10.8. The number of hydrogen-bond acceptors (Lipinski definition) is 1. The van der Waals surface area contributed by atoms with Gasteiger partial charge in [0.15, 0.2) is 0 Å². The van der Waals surface area contributed by atoms with Gasteiger partial charge in [-0.25, -0.2) is 0 Å². The van der Waals surface area contributed by atoms with Crippen molar-refractivity contribution in [2.75, 3.05) is 6.54 Å². The molecule has 2 atom stereocenters. The molecule has 2 heteroatoms. The summed E-state index contributed by atoms with van der Waals surface area (Å²) in [5.74, 6) is 1.27. The van der Waals surface area contributed by atoms with E-state index in [9.17, 15) is 0 Å². The fraction of sp³-hybridized carbons (Fsp3) is 0.467. The lowest BCUT2D eigenvalue weighted by molar-refractivity contribution is 0.558. The molecule has 90 valence electrons. The average molecular weight is 228 g/mol. The lowest BCUT2D eigenvalue weighted by Gasteiger charge is -2.04. The third-order valence-corrected chi connectivity index (χ3v) is 4.58. The molecule has 3 rings (SSSR count). The number of nitrogens with zero attached hydrogens (tertiary/aromatic N) is 1. The summed E-state index contributed by atoms with van der Waals surface area (Å²) < 4.78 is 2.19. The van der Waals surface area contributed by atoms with Crippen molar-refractivity contribution >= 4 is 10.9 Å². The third-order valence-electron chi connectivity index (χ3n) is 4.58. The first-order valence-corrected chi connectivity index (χ1v) is 6.30. The SMILES string of the molecule is Cn1ccc2ccc([C@@H]3[C@@H](CN)C3(C)C)cc21. The van der Waals surface area contributed by atoms with Crippen LogP contribution in [-0.4, -0.2) is 11.1 Å². The first kappa shape index (κ1) is 10.8. The van der Waals surface area contributed by atoms with Crippen molar-refractivity contribution in [3.63, 3.8) is 0 Å². The minimum atomic E-state index is 0.369. The van der Waals surface area contributed by atoms with Crippen LogP contribution in [0.5, 0.6) is 0 Å². The van der Waals surface area contributed by atoms with Crippen molar-refractivity contribution in [1.82, 2.24) is 4.57 Å².